The van der Waals surface area contributed by atoms with Crippen LogP contribution in [0.5, 0.6) is 0 Å². The number of hydrogen-bond acceptors (Lipinski definition) is 8. The standard InChI is InChI=1S/C5H13N2O6P/c6-1-2-12-14(10,11)13-5(9)4(7)3-8/h4,8H,1-3,6-7H2,(H,10,11)/p-1. The van der Waals surface area contributed by atoms with Gasteiger partial charge >= 0.3 is 13.8 Å². The monoisotopic (exact) mass is 227 g/mol. The summed E-state index contributed by atoms with van der Waals surface area (Å²) in [5.41, 5.74) is 9.95. The predicted molar refractivity (Wildman–Crippen MR) is 43.8 cm³/mol. The van der Waals surface area contributed by atoms with E-state index in [0.717, 1.165) is 0 Å². The molecule has 0 fully saturated rings. The number of hydrogen-bond donors (Lipinski definition) is 3. The minimum absolute atomic E-state index is 0.0319. The zero-order valence-electron chi connectivity index (χ0n) is 7.29. The number of aliphatic hydroxyl groups excluding tert-OH is 1. The molecule has 0 aliphatic rings. The first-order valence-electron chi connectivity index (χ1n) is 3.68. The molecule has 0 aliphatic heterocycles. The van der Waals surface area contributed by atoms with Crippen molar-refractivity contribution in [2.24, 2.45) is 11.5 Å². The maximum absolute atomic E-state index is 10.8. The van der Waals surface area contributed by atoms with Gasteiger partial charge in [-0.25, -0.2) is 4.79 Å². The van der Waals surface area contributed by atoms with Crippen LogP contribution in [0.2, 0.25) is 0 Å². The molecule has 2 unspecified atom stereocenters. The van der Waals surface area contributed by atoms with Gasteiger partial charge in [-0.05, 0) is 0 Å². The summed E-state index contributed by atoms with van der Waals surface area (Å²) < 4.78 is 18.8. The number of phosphoric ester groups is 1. The number of carbonyl (C=O) groups is 1. The fraction of sp³-hybridized carbons (Fsp3) is 0.800. The summed E-state index contributed by atoms with van der Waals surface area (Å²) in [5.74, 6) is -1.28. The van der Waals surface area contributed by atoms with E-state index in [9.17, 15) is 14.3 Å². The Morgan fingerprint density at radius 1 is 1.64 bits per heavy atom. The Balaban J connectivity index is 4.08. The van der Waals surface area contributed by atoms with E-state index in [4.69, 9.17) is 16.6 Å². The summed E-state index contributed by atoms with van der Waals surface area (Å²) in [4.78, 5) is 21.6. The van der Waals surface area contributed by atoms with E-state index in [1.165, 1.54) is 0 Å². The van der Waals surface area contributed by atoms with Crippen LogP contribution >= 0.6 is 7.82 Å². The zero-order valence-corrected chi connectivity index (χ0v) is 8.18. The predicted octanol–water partition coefficient (Wildman–Crippen LogP) is -2.71. The normalized spacial score (nSPS) is 17.1. The van der Waals surface area contributed by atoms with E-state index in [0.29, 0.717) is 0 Å². The van der Waals surface area contributed by atoms with E-state index in [-0.39, 0.29) is 13.2 Å². The van der Waals surface area contributed by atoms with Crippen molar-refractivity contribution in [3.05, 3.63) is 0 Å². The first kappa shape index (κ1) is 13.5. The lowest BCUT2D eigenvalue weighted by molar-refractivity contribution is -0.224. The molecular weight excluding hydrogens is 215 g/mol. The maximum Gasteiger partial charge on any atom is 0.331 e. The van der Waals surface area contributed by atoms with E-state index in [2.05, 4.69) is 9.05 Å². The van der Waals surface area contributed by atoms with Crippen LogP contribution in [0.4, 0.5) is 0 Å². The number of nitrogens with two attached hydrogens (primary N) is 2. The maximum atomic E-state index is 10.8. The van der Waals surface area contributed by atoms with Crippen LogP contribution in [0.15, 0.2) is 0 Å². The largest absolute Gasteiger partial charge is 0.746 e. The topological polar surface area (TPSA) is 148 Å². The van der Waals surface area contributed by atoms with Gasteiger partial charge in [-0.3, -0.25) is 4.57 Å². The molecule has 9 heteroatoms. The summed E-state index contributed by atoms with van der Waals surface area (Å²) in [7, 11) is -4.70. The lowest BCUT2D eigenvalue weighted by Crippen LogP contribution is -2.36. The first-order chi connectivity index (χ1) is 6.43. The number of aliphatic hydroxyl groups is 1. The third-order valence-corrected chi connectivity index (χ3v) is 1.97. The van der Waals surface area contributed by atoms with E-state index in [1.54, 1.807) is 0 Å². The minimum Gasteiger partial charge on any atom is -0.746 e. The van der Waals surface area contributed by atoms with Gasteiger partial charge in [0.2, 0.25) is 0 Å². The third-order valence-electron chi connectivity index (χ3n) is 1.07. The first-order valence-corrected chi connectivity index (χ1v) is 5.14. The molecule has 0 aromatic carbocycles. The second-order valence-corrected chi connectivity index (χ2v) is 3.60. The van der Waals surface area contributed by atoms with Crippen molar-refractivity contribution in [1.29, 1.82) is 0 Å². The Morgan fingerprint density at radius 3 is 2.64 bits per heavy atom. The molecule has 0 radical (unpaired) electrons. The summed E-state index contributed by atoms with van der Waals surface area (Å²) in [6.07, 6.45) is 0. The van der Waals surface area contributed by atoms with Crippen molar-refractivity contribution in [1.82, 2.24) is 0 Å². The average molecular weight is 227 g/mol. The van der Waals surface area contributed by atoms with E-state index < -0.39 is 26.4 Å². The van der Waals surface area contributed by atoms with Gasteiger partial charge in [-0.15, -0.1) is 0 Å². The molecule has 0 spiro atoms. The van der Waals surface area contributed by atoms with Gasteiger partial charge < -0.3 is 30.5 Å². The highest BCUT2D eigenvalue weighted by atomic mass is 31.2. The molecule has 0 aromatic rings. The molecule has 8 nitrogen and oxygen atoms in total. The summed E-state index contributed by atoms with van der Waals surface area (Å²) in [5, 5.41) is 8.40. The molecule has 0 bridgehead atoms. The van der Waals surface area contributed by atoms with Crippen molar-refractivity contribution >= 4 is 13.8 Å². The highest BCUT2D eigenvalue weighted by Gasteiger charge is 2.20. The van der Waals surface area contributed by atoms with Gasteiger partial charge in [0.05, 0.1) is 13.2 Å². The second kappa shape index (κ2) is 6.07. The second-order valence-electron chi connectivity index (χ2n) is 2.27. The van der Waals surface area contributed by atoms with Crippen LogP contribution in [0.25, 0.3) is 0 Å². The number of carbonyl (C=O) groups excluding carboxylic acids is 1. The van der Waals surface area contributed by atoms with Crippen LogP contribution in [-0.2, 0) is 18.4 Å². The van der Waals surface area contributed by atoms with Gasteiger partial charge in [-0.2, -0.15) is 0 Å². The molecule has 2 atom stereocenters. The van der Waals surface area contributed by atoms with Crippen molar-refractivity contribution in [3.63, 3.8) is 0 Å². The fourth-order valence-corrected chi connectivity index (χ4v) is 1.18. The highest BCUT2D eigenvalue weighted by Crippen LogP contribution is 2.38. The molecule has 14 heavy (non-hydrogen) atoms. The van der Waals surface area contributed by atoms with Gasteiger partial charge in [0, 0.05) is 6.54 Å². The van der Waals surface area contributed by atoms with Gasteiger partial charge in [0.15, 0.2) is 0 Å². The molecule has 0 aromatic heterocycles. The van der Waals surface area contributed by atoms with Crippen LogP contribution in [0, 0.1) is 0 Å². The fourth-order valence-electron chi connectivity index (χ4n) is 0.443. The summed E-state index contributed by atoms with van der Waals surface area (Å²) in [6.45, 7) is -1.03. The van der Waals surface area contributed by atoms with Crippen LogP contribution < -0.4 is 16.4 Å². The lowest BCUT2D eigenvalue weighted by atomic mass is 10.3. The molecule has 0 saturated heterocycles. The van der Waals surface area contributed by atoms with Crippen LogP contribution in [0.3, 0.4) is 0 Å². The lowest BCUT2D eigenvalue weighted by Gasteiger charge is -2.22. The molecule has 0 aliphatic carbocycles. The Labute approximate surface area is 80.4 Å². The summed E-state index contributed by atoms with van der Waals surface area (Å²) in [6, 6.07) is -1.40. The van der Waals surface area contributed by atoms with Gasteiger partial charge in [0.25, 0.3) is 0 Å². The Kier molecular flexibility index (Phi) is 5.86. The van der Waals surface area contributed by atoms with Crippen molar-refractivity contribution in [3.8, 4) is 0 Å². The Morgan fingerprint density at radius 2 is 2.21 bits per heavy atom. The zero-order chi connectivity index (χ0) is 11.2. The Hall–Kier alpha value is -0.500. The van der Waals surface area contributed by atoms with E-state index in [1.807, 2.05) is 0 Å². The third kappa shape index (κ3) is 5.28. The van der Waals surface area contributed by atoms with Gasteiger partial charge in [0.1, 0.15) is 6.04 Å². The van der Waals surface area contributed by atoms with Crippen molar-refractivity contribution < 1.29 is 28.4 Å². The van der Waals surface area contributed by atoms with Crippen LogP contribution in [-0.4, -0.2) is 36.9 Å². The average Bonchev–Trinajstić information content (AvgIpc) is 2.12. The molecule has 0 heterocycles. The molecule has 0 rings (SSSR count). The van der Waals surface area contributed by atoms with Crippen LogP contribution in [0.1, 0.15) is 0 Å². The number of phosphoric acid groups is 1. The molecule has 0 saturated carbocycles. The van der Waals surface area contributed by atoms with Crippen molar-refractivity contribution in [2.45, 2.75) is 6.04 Å². The molecule has 5 N–H and O–H groups in total. The smallest absolute Gasteiger partial charge is 0.331 e. The van der Waals surface area contributed by atoms with Gasteiger partial charge in [-0.1, -0.05) is 0 Å². The quantitative estimate of drug-likeness (QED) is 0.415. The summed E-state index contributed by atoms with van der Waals surface area (Å²) >= 11 is 0. The molecular formula is C5H12N2O6P-. The Bertz CT molecular complexity index is 234. The minimum atomic E-state index is -4.70. The van der Waals surface area contributed by atoms with Crippen molar-refractivity contribution in [2.75, 3.05) is 19.8 Å². The van der Waals surface area contributed by atoms with E-state index >= 15 is 0 Å². The molecule has 0 amide bonds. The number of rotatable bonds is 6. The highest BCUT2D eigenvalue weighted by molar-refractivity contribution is 7.46. The SMILES string of the molecule is NCCOP(=O)([O-])OC(=O)C(N)CO. The molecule has 84 valence electrons.